The lowest BCUT2D eigenvalue weighted by molar-refractivity contribution is 0.591. The molecule has 52 valence electrons. The van der Waals surface area contributed by atoms with Gasteiger partial charge in [0, 0.05) is 5.41 Å². The summed E-state index contributed by atoms with van der Waals surface area (Å²) in [7, 11) is 0. The zero-order valence-electron chi connectivity index (χ0n) is 6.73. The van der Waals surface area contributed by atoms with Crippen molar-refractivity contribution in [2.45, 2.75) is 20.8 Å². The lowest BCUT2D eigenvalue weighted by Gasteiger charge is -2.17. The predicted octanol–water partition coefficient (Wildman–Crippen LogP) is 2.84. The summed E-state index contributed by atoms with van der Waals surface area (Å²) in [4.78, 5) is 0. The summed E-state index contributed by atoms with van der Waals surface area (Å²) in [6.07, 6.45) is 6.75. The van der Waals surface area contributed by atoms with Crippen molar-refractivity contribution >= 4 is 0 Å². The van der Waals surface area contributed by atoms with Crippen molar-refractivity contribution in [3.63, 3.8) is 0 Å². The fourth-order valence-electron chi connectivity index (χ4n) is 1.91. The summed E-state index contributed by atoms with van der Waals surface area (Å²) in [5.41, 5.74) is 4.74. The molecule has 2 aliphatic carbocycles. The zero-order chi connectivity index (χ0) is 7.35. The van der Waals surface area contributed by atoms with E-state index in [2.05, 4.69) is 39.0 Å². The molecule has 0 heteroatoms. The zero-order valence-corrected chi connectivity index (χ0v) is 6.73. The van der Waals surface area contributed by atoms with Crippen LogP contribution in [0.3, 0.4) is 0 Å². The van der Waals surface area contributed by atoms with E-state index in [4.69, 9.17) is 0 Å². The van der Waals surface area contributed by atoms with Crippen LogP contribution in [0.4, 0.5) is 0 Å². The van der Waals surface area contributed by atoms with Crippen molar-refractivity contribution in [2.24, 2.45) is 5.41 Å². The number of fused-ring (bicyclic) bond motifs is 2. The van der Waals surface area contributed by atoms with Crippen LogP contribution < -0.4 is 0 Å². The lowest BCUT2D eigenvalue weighted by Crippen LogP contribution is -2.07. The number of hydrogen-bond donors (Lipinski definition) is 0. The van der Waals surface area contributed by atoms with Crippen LogP contribution in [0.25, 0.3) is 0 Å². The molecule has 2 bridgehead atoms. The maximum atomic E-state index is 2.29. The molecular weight excluding hydrogens is 120 g/mol. The van der Waals surface area contributed by atoms with E-state index < -0.39 is 0 Å². The standard InChI is InChI=1S/C10H12/c1-7-6-8-4-5-9(7)10(8,2)3/h4-6H,1-3H3. The molecule has 0 saturated carbocycles. The minimum atomic E-state index is 0.323. The summed E-state index contributed by atoms with van der Waals surface area (Å²) in [5.74, 6) is 0. The summed E-state index contributed by atoms with van der Waals surface area (Å²) in [6, 6.07) is 0. The first-order valence-corrected chi connectivity index (χ1v) is 3.74. The number of hydrogen-bond acceptors (Lipinski definition) is 0. The van der Waals surface area contributed by atoms with Crippen molar-refractivity contribution < 1.29 is 0 Å². The predicted molar refractivity (Wildman–Crippen MR) is 43.7 cm³/mol. The van der Waals surface area contributed by atoms with Crippen molar-refractivity contribution in [1.82, 2.24) is 0 Å². The van der Waals surface area contributed by atoms with E-state index in [0.717, 1.165) is 0 Å². The summed E-state index contributed by atoms with van der Waals surface area (Å²) in [6.45, 7) is 6.75. The third kappa shape index (κ3) is 0.476. The smallest absolute Gasteiger partial charge is 0.0149 e. The van der Waals surface area contributed by atoms with Crippen molar-refractivity contribution in [1.29, 1.82) is 0 Å². The Balaban J connectivity index is 2.65. The third-order valence-electron chi connectivity index (χ3n) is 2.62. The second-order valence-electron chi connectivity index (χ2n) is 3.65. The van der Waals surface area contributed by atoms with Gasteiger partial charge in [-0.15, -0.1) is 0 Å². The molecule has 0 fully saturated rings. The van der Waals surface area contributed by atoms with Crippen LogP contribution in [0.15, 0.2) is 34.9 Å². The van der Waals surface area contributed by atoms with Crippen molar-refractivity contribution in [2.75, 3.05) is 0 Å². The summed E-state index contributed by atoms with van der Waals surface area (Å²) in [5, 5.41) is 0. The Bertz CT molecular complexity index is 272. The monoisotopic (exact) mass is 132 g/mol. The molecule has 0 aromatic rings. The second kappa shape index (κ2) is 1.45. The Kier molecular flexibility index (Phi) is 0.862. The van der Waals surface area contributed by atoms with Gasteiger partial charge >= 0.3 is 0 Å². The van der Waals surface area contributed by atoms with Crippen LogP contribution in [0.2, 0.25) is 0 Å². The molecule has 0 aliphatic heterocycles. The molecule has 0 nitrogen and oxygen atoms in total. The Morgan fingerprint density at radius 3 is 2.10 bits per heavy atom. The van der Waals surface area contributed by atoms with Crippen LogP contribution in [0.1, 0.15) is 20.8 Å². The van der Waals surface area contributed by atoms with Gasteiger partial charge in [0.15, 0.2) is 0 Å². The van der Waals surface area contributed by atoms with E-state index in [9.17, 15) is 0 Å². The van der Waals surface area contributed by atoms with Crippen LogP contribution in [0, 0.1) is 5.41 Å². The molecule has 2 rings (SSSR count). The molecule has 0 spiro atoms. The highest BCUT2D eigenvalue weighted by Crippen LogP contribution is 2.48. The van der Waals surface area contributed by atoms with E-state index in [1.54, 1.807) is 0 Å². The van der Waals surface area contributed by atoms with Crippen molar-refractivity contribution in [3.8, 4) is 0 Å². The van der Waals surface area contributed by atoms with Crippen LogP contribution in [0.5, 0.6) is 0 Å². The molecule has 0 radical (unpaired) electrons. The van der Waals surface area contributed by atoms with E-state index in [0.29, 0.717) is 5.41 Å². The third-order valence-corrected chi connectivity index (χ3v) is 2.62. The molecule has 0 atom stereocenters. The molecule has 0 N–H and O–H groups in total. The topological polar surface area (TPSA) is 0 Å². The fourth-order valence-corrected chi connectivity index (χ4v) is 1.91. The molecule has 0 unspecified atom stereocenters. The Labute approximate surface area is 61.9 Å². The van der Waals surface area contributed by atoms with Gasteiger partial charge in [0.1, 0.15) is 0 Å². The lowest BCUT2D eigenvalue weighted by atomic mass is 9.86. The first-order chi connectivity index (χ1) is 4.62. The van der Waals surface area contributed by atoms with E-state index >= 15 is 0 Å². The largest absolute Gasteiger partial charge is 0.0578 e. The van der Waals surface area contributed by atoms with Crippen LogP contribution >= 0.6 is 0 Å². The molecule has 0 amide bonds. The normalized spacial score (nSPS) is 26.1. The van der Waals surface area contributed by atoms with E-state index in [1.165, 1.54) is 16.7 Å². The van der Waals surface area contributed by atoms with Gasteiger partial charge < -0.3 is 0 Å². The van der Waals surface area contributed by atoms with Gasteiger partial charge in [0.25, 0.3) is 0 Å². The highest BCUT2D eigenvalue weighted by Gasteiger charge is 2.34. The maximum absolute atomic E-state index is 2.29. The van der Waals surface area contributed by atoms with Gasteiger partial charge in [-0.1, -0.05) is 32.1 Å². The Hall–Kier alpha value is -0.780. The highest BCUT2D eigenvalue weighted by atomic mass is 14.4. The highest BCUT2D eigenvalue weighted by molar-refractivity contribution is 5.60. The van der Waals surface area contributed by atoms with Crippen LogP contribution in [-0.2, 0) is 0 Å². The molecule has 0 aromatic carbocycles. The van der Waals surface area contributed by atoms with Gasteiger partial charge in [-0.2, -0.15) is 0 Å². The SMILES string of the molecule is CC1=C2C=CC(=C1)C2(C)C. The van der Waals surface area contributed by atoms with Gasteiger partial charge in [-0.25, -0.2) is 0 Å². The second-order valence-corrected chi connectivity index (χ2v) is 3.65. The quantitative estimate of drug-likeness (QED) is 0.475. The minimum Gasteiger partial charge on any atom is -0.0578 e. The van der Waals surface area contributed by atoms with E-state index in [-0.39, 0.29) is 0 Å². The number of allylic oxidation sites excluding steroid dienone is 6. The van der Waals surface area contributed by atoms with E-state index in [1.807, 2.05) is 0 Å². The average molecular weight is 132 g/mol. The molecule has 0 heterocycles. The van der Waals surface area contributed by atoms with Crippen LogP contribution in [-0.4, -0.2) is 0 Å². The molecular formula is C10H12. The Morgan fingerprint density at radius 2 is 1.90 bits per heavy atom. The minimum absolute atomic E-state index is 0.323. The molecule has 0 saturated heterocycles. The fraction of sp³-hybridized carbons (Fsp3) is 0.400. The summed E-state index contributed by atoms with van der Waals surface area (Å²) < 4.78 is 0. The van der Waals surface area contributed by atoms with Gasteiger partial charge in [-0.3, -0.25) is 0 Å². The molecule has 10 heavy (non-hydrogen) atoms. The molecule has 2 aliphatic rings. The molecule has 0 aromatic heterocycles. The first kappa shape index (κ1) is 5.96. The Morgan fingerprint density at radius 1 is 1.20 bits per heavy atom. The maximum Gasteiger partial charge on any atom is 0.0149 e. The summed E-state index contributed by atoms with van der Waals surface area (Å²) >= 11 is 0. The number of rotatable bonds is 0. The average Bonchev–Trinajstić information content (AvgIpc) is 2.20. The van der Waals surface area contributed by atoms with Crippen molar-refractivity contribution in [3.05, 3.63) is 34.9 Å². The van der Waals surface area contributed by atoms with Gasteiger partial charge in [0.2, 0.25) is 0 Å². The first-order valence-electron chi connectivity index (χ1n) is 3.74. The van der Waals surface area contributed by atoms with Gasteiger partial charge in [-0.05, 0) is 23.6 Å². The van der Waals surface area contributed by atoms with Gasteiger partial charge in [0.05, 0.1) is 0 Å².